The van der Waals surface area contributed by atoms with Crippen molar-refractivity contribution in [3.05, 3.63) is 0 Å². The Labute approximate surface area is 54.6 Å². The molecule has 1 N–H and O–H groups in total. The first kappa shape index (κ1) is 8.11. The van der Waals surface area contributed by atoms with Crippen LogP contribution in [-0.2, 0) is 10.5 Å². The molecule has 0 unspecified atom stereocenters. The van der Waals surface area contributed by atoms with Crippen molar-refractivity contribution < 1.29 is 8.42 Å². The van der Waals surface area contributed by atoms with Gasteiger partial charge in [-0.05, 0) is 12.8 Å². The van der Waals surface area contributed by atoms with E-state index in [4.69, 9.17) is 18.5 Å². The van der Waals surface area contributed by atoms with Crippen molar-refractivity contribution in [3.63, 3.8) is 0 Å². The van der Waals surface area contributed by atoms with E-state index in [0.717, 1.165) is 12.8 Å². The van der Waals surface area contributed by atoms with Gasteiger partial charge in [0.25, 0.3) is 0 Å². The third-order valence-electron chi connectivity index (χ3n) is 0.760. The van der Waals surface area contributed by atoms with Gasteiger partial charge in [-0.3, -0.25) is 0 Å². The molecule has 1 rings (SSSR count). The number of nitriles is 1. The van der Waals surface area contributed by atoms with E-state index >= 15 is 0 Å². The molecule has 1 fully saturated rings. The van der Waals surface area contributed by atoms with Gasteiger partial charge in [-0.1, -0.05) is 0 Å². The van der Waals surface area contributed by atoms with Crippen LogP contribution in [0.2, 0.25) is 0 Å². The zero-order valence-corrected chi connectivity index (χ0v) is 5.48. The normalized spacial score (nSPS) is 14.6. The Bertz CT molecular complexity index is 200. The van der Waals surface area contributed by atoms with E-state index in [0.29, 0.717) is 5.92 Å². The predicted molar refractivity (Wildman–Crippen MR) is 30.0 cm³/mol. The van der Waals surface area contributed by atoms with Crippen LogP contribution in [0.1, 0.15) is 12.8 Å². The van der Waals surface area contributed by atoms with Crippen LogP contribution in [0.5, 0.6) is 0 Å². The van der Waals surface area contributed by atoms with Crippen LogP contribution in [0.3, 0.4) is 0 Å². The molecule has 0 aromatic carbocycles. The Morgan fingerprint density at radius 3 is 1.89 bits per heavy atom. The van der Waals surface area contributed by atoms with Gasteiger partial charge in [0.2, 0.25) is 0 Å². The number of hydrogen-bond donors (Lipinski definition) is 1. The highest BCUT2D eigenvalue weighted by Gasteiger charge is 2.19. The maximum atomic E-state index is 8.67. The van der Waals surface area contributed by atoms with Crippen LogP contribution >= 0.6 is 0 Å². The summed E-state index contributed by atoms with van der Waals surface area (Å²) in [6.07, 6.45) is 2.30. The summed E-state index contributed by atoms with van der Waals surface area (Å²) in [5.74, 6) is 0.440. The van der Waals surface area contributed by atoms with Crippen molar-refractivity contribution in [1.82, 2.24) is 0 Å². The van der Waals surface area contributed by atoms with Crippen molar-refractivity contribution in [3.8, 4) is 6.07 Å². The molecule has 0 spiro atoms. The third-order valence-corrected chi connectivity index (χ3v) is 0.760. The van der Waals surface area contributed by atoms with E-state index in [1.54, 1.807) is 0 Å². The molecule has 1 saturated carbocycles. The molecular formula is C4H6N2O2S. The molecule has 50 valence electrons. The van der Waals surface area contributed by atoms with E-state index < -0.39 is 10.5 Å². The molecule has 0 radical (unpaired) electrons. The van der Waals surface area contributed by atoms with E-state index in [9.17, 15) is 0 Å². The van der Waals surface area contributed by atoms with Crippen molar-refractivity contribution in [2.45, 2.75) is 12.8 Å². The Kier molecular flexibility index (Phi) is 3.64. The maximum Gasteiger partial charge on any atom is 0.308 e. The van der Waals surface area contributed by atoms with Gasteiger partial charge in [-0.2, -0.15) is 18.5 Å². The number of hydrogen-bond acceptors (Lipinski definition) is 4. The largest absolute Gasteiger partial charge is 0.308 e. The topological polar surface area (TPSA) is 81.8 Å². The zero-order chi connectivity index (χ0) is 7.28. The van der Waals surface area contributed by atoms with Gasteiger partial charge >= 0.3 is 10.5 Å². The molecule has 0 aliphatic heterocycles. The average Bonchev–Trinajstić information content (AvgIpc) is 2.43. The molecule has 1 aliphatic rings. The summed E-state index contributed by atoms with van der Waals surface area (Å²) in [7, 11) is -2.61. The Balaban J connectivity index is 0.000000148. The molecule has 0 heterocycles. The Hall–Kier alpha value is -0.890. The molecule has 9 heavy (non-hydrogen) atoms. The first-order valence-corrected chi connectivity index (χ1v) is 3.44. The van der Waals surface area contributed by atoms with Gasteiger partial charge in [-0.25, -0.2) is 0 Å². The quantitative estimate of drug-likeness (QED) is 0.541. The minimum atomic E-state index is -2.61. The van der Waals surface area contributed by atoms with Crippen LogP contribution in [0.15, 0.2) is 0 Å². The summed E-state index contributed by atoms with van der Waals surface area (Å²) >= 11 is 0. The fourth-order valence-corrected chi connectivity index (χ4v) is 0.212. The molecule has 4 nitrogen and oxygen atoms in total. The molecule has 1 aliphatic carbocycles. The Morgan fingerprint density at radius 1 is 1.56 bits per heavy atom. The van der Waals surface area contributed by atoms with Crippen LogP contribution in [0.25, 0.3) is 0 Å². The molecule has 0 bridgehead atoms. The summed E-state index contributed by atoms with van der Waals surface area (Å²) in [5, 5.41) is 7.96. The van der Waals surface area contributed by atoms with Crippen molar-refractivity contribution >= 4 is 10.5 Å². The highest BCUT2D eigenvalue weighted by molar-refractivity contribution is 7.60. The second-order valence-corrected chi connectivity index (χ2v) is 2.11. The fraction of sp³-hybridized carbons (Fsp3) is 0.750. The minimum absolute atomic E-state index is 0.440. The van der Waals surface area contributed by atoms with E-state index in [2.05, 4.69) is 6.07 Å². The second kappa shape index (κ2) is 4.04. The minimum Gasteiger partial charge on any atom is -0.198 e. The summed E-state index contributed by atoms with van der Waals surface area (Å²) in [6.45, 7) is 0. The fourth-order valence-electron chi connectivity index (χ4n) is 0.212. The number of nitrogens with one attached hydrogen (secondary N) is 1. The summed E-state index contributed by atoms with van der Waals surface area (Å²) in [5.41, 5.74) is 0. The van der Waals surface area contributed by atoms with Crippen LogP contribution < -0.4 is 0 Å². The molecule has 0 atom stereocenters. The molecule has 0 amide bonds. The summed E-state index contributed by atoms with van der Waals surface area (Å²) < 4.78 is 22.8. The van der Waals surface area contributed by atoms with Gasteiger partial charge in [-0.15, -0.1) is 0 Å². The van der Waals surface area contributed by atoms with E-state index in [1.165, 1.54) is 0 Å². The van der Waals surface area contributed by atoms with E-state index in [1.807, 2.05) is 0 Å². The third kappa shape index (κ3) is 11.0. The standard InChI is InChI=1S/C4H5N.HNO2S/c5-3-4-1-2-4;1-4(2)3/h4H,1-2H2;1H. The lowest BCUT2D eigenvalue weighted by molar-refractivity contribution is 0.620. The zero-order valence-electron chi connectivity index (χ0n) is 4.66. The predicted octanol–water partition coefficient (Wildman–Crippen LogP) is 0.548. The highest BCUT2D eigenvalue weighted by Crippen LogP contribution is 2.26. The van der Waals surface area contributed by atoms with Gasteiger partial charge in [0.1, 0.15) is 0 Å². The maximum absolute atomic E-state index is 8.67. The van der Waals surface area contributed by atoms with Crippen LogP contribution in [0, 0.1) is 22.0 Å². The first-order valence-electron chi connectivity index (χ1n) is 2.37. The molecule has 0 saturated heterocycles. The number of nitrogens with zero attached hydrogens (tertiary/aromatic N) is 1. The lowest BCUT2D eigenvalue weighted by Gasteiger charge is -1.51. The van der Waals surface area contributed by atoms with Gasteiger partial charge in [0.15, 0.2) is 0 Å². The van der Waals surface area contributed by atoms with Crippen molar-refractivity contribution in [2.75, 3.05) is 0 Å². The van der Waals surface area contributed by atoms with Gasteiger partial charge in [0.05, 0.1) is 6.07 Å². The second-order valence-electron chi connectivity index (χ2n) is 1.64. The van der Waals surface area contributed by atoms with Gasteiger partial charge in [0, 0.05) is 5.92 Å². The monoisotopic (exact) mass is 146 g/mol. The molecule has 5 heteroatoms. The van der Waals surface area contributed by atoms with Crippen molar-refractivity contribution in [1.29, 1.82) is 10.0 Å². The Morgan fingerprint density at radius 2 is 1.89 bits per heavy atom. The smallest absolute Gasteiger partial charge is 0.198 e. The highest BCUT2D eigenvalue weighted by atomic mass is 32.2. The molecule has 0 aromatic heterocycles. The van der Waals surface area contributed by atoms with Crippen molar-refractivity contribution in [2.24, 2.45) is 5.92 Å². The summed E-state index contributed by atoms with van der Waals surface area (Å²) in [4.78, 5) is 0. The molecule has 0 aromatic rings. The number of rotatable bonds is 0. The molecular weight excluding hydrogens is 140 g/mol. The average molecular weight is 146 g/mol. The van der Waals surface area contributed by atoms with Gasteiger partial charge < -0.3 is 0 Å². The van der Waals surface area contributed by atoms with Crippen LogP contribution in [0.4, 0.5) is 0 Å². The lowest BCUT2D eigenvalue weighted by Crippen LogP contribution is -1.52. The SMILES string of the molecule is N#CC1CC1.N=S(=O)=O. The van der Waals surface area contributed by atoms with E-state index in [-0.39, 0.29) is 0 Å². The lowest BCUT2D eigenvalue weighted by atomic mass is 10.5. The summed E-state index contributed by atoms with van der Waals surface area (Å²) in [6, 6.07) is 2.14. The van der Waals surface area contributed by atoms with Crippen LogP contribution in [-0.4, -0.2) is 8.42 Å². The first-order chi connectivity index (χ1) is 4.16.